The first kappa shape index (κ1) is 10.4. The van der Waals surface area contributed by atoms with Crippen molar-refractivity contribution in [1.82, 2.24) is 5.32 Å². The van der Waals surface area contributed by atoms with E-state index in [4.69, 9.17) is 0 Å². The fourth-order valence-corrected chi connectivity index (χ4v) is 2.06. The molecular weight excluding hydrogens is 191 g/mol. The highest BCUT2D eigenvalue weighted by Crippen LogP contribution is 2.22. The molecule has 1 aliphatic rings. The van der Waals surface area contributed by atoms with E-state index in [1.54, 1.807) is 6.07 Å². The number of halogens is 1. The molecule has 0 saturated carbocycles. The third-order valence-electron chi connectivity index (χ3n) is 2.64. The molecule has 0 bridgehead atoms. The number of anilines is 1. The van der Waals surface area contributed by atoms with Crippen molar-refractivity contribution in [3.8, 4) is 0 Å². The van der Waals surface area contributed by atoms with E-state index in [1.165, 1.54) is 6.07 Å². The molecule has 82 valence electrons. The Kier molecular flexibility index (Phi) is 2.91. The fourth-order valence-electron chi connectivity index (χ4n) is 2.06. The maximum absolute atomic E-state index is 13.0. The van der Waals surface area contributed by atoms with Gasteiger partial charge in [-0.1, -0.05) is 13.8 Å². The Hall–Kier alpha value is -1.09. The van der Waals surface area contributed by atoms with Gasteiger partial charge in [0, 0.05) is 24.3 Å². The van der Waals surface area contributed by atoms with Gasteiger partial charge in [-0.15, -0.1) is 0 Å². The second-order valence-electron chi connectivity index (χ2n) is 4.40. The third-order valence-corrected chi connectivity index (χ3v) is 2.64. The van der Waals surface area contributed by atoms with E-state index in [0.717, 1.165) is 24.2 Å². The predicted octanol–water partition coefficient (Wildman–Crippen LogP) is 2.16. The highest BCUT2D eigenvalue weighted by molar-refractivity contribution is 5.53. The summed E-state index contributed by atoms with van der Waals surface area (Å²) in [5.41, 5.74) is 2.14. The normalized spacial score (nSPS) is 19.9. The maximum atomic E-state index is 13.0. The van der Waals surface area contributed by atoms with Crippen LogP contribution in [-0.4, -0.2) is 18.6 Å². The van der Waals surface area contributed by atoms with Crippen molar-refractivity contribution in [2.24, 2.45) is 0 Å². The predicted molar refractivity (Wildman–Crippen MR) is 60.7 cm³/mol. The first-order chi connectivity index (χ1) is 7.15. The van der Waals surface area contributed by atoms with Crippen LogP contribution in [0.3, 0.4) is 0 Å². The molecule has 1 heterocycles. The second-order valence-corrected chi connectivity index (χ2v) is 4.40. The van der Waals surface area contributed by atoms with Gasteiger partial charge in [-0.05, 0) is 30.2 Å². The van der Waals surface area contributed by atoms with Crippen LogP contribution in [0.15, 0.2) is 18.2 Å². The number of nitrogens with one attached hydrogen (secondary N) is 2. The average Bonchev–Trinajstić information content (AvgIpc) is 2.16. The minimum atomic E-state index is -0.152. The summed E-state index contributed by atoms with van der Waals surface area (Å²) in [6, 6.07) is 5.81. The molecule has 1 aromatic rings. The molecule has 0 aromatic heterocycles. The largest absolute Gasteiger partial charge is 0.383 e. The van der Waals surface area contributed by atoms with E-state index in [9.17, 15) is 4.39 Å². The summed E-state index contributed by atoms with van der Waals surface area (Å²) < 4.78 is 13.0. The fraction of sp³-hybridized carbons (Fsp3) is 0.500. The van der Waals surface area contributed by atoms with Crippen LogP contribution in [0.1, 0.15) is 19.4 Å². The minimum Gasteiger partial charge on any atom is -0.383 e. The van der Waals surface area contributed by atoms with Gasteiger partial charge in [0.1, 0.15) is 5.82 Å². The van der Waals surface area contributed by atoms with E-state index < -0.39 is 0 Å². The van der Waals surface area contributed by atoms with Gasteiger partial charge in [-0.25, -0.2) is 4.39 Å². The molecule has 15 heavy (non-hydrogen) atoms. The molecule has 0 saturated heterocycles. The van der Waals surface area contributed by atoms with E-state index in [2.05, 4.69) is 24.5 Å². The molecule has 0 fully saturated rings. The number of rotatable bonds is 2. The summed E-state index contributed by atoms with van der Waals surface area (Å²) >= 11 is 0. The molecule has 0 radical (unpaired) electrons. The van der Waals surface area contributed by atoms with Crippen molar-refractivity contribution in [2.45, 2.75) is 32.4 Å². The van der Waals surface area contributed by atoms with Crippen LogP contribution in [0.2, 0.25) is 0 Å². The zero-order valence-corrected chi connectivity index (χ0v) is 9.18. The molecular formula is C12H17FN2. The number of fused-ring (bicyclic) bond motifs is 1. The number of hydrogen-bond acceptors (Lipinski definition) is 2. The Morgan fingerprint density at radius 3 is 3.00 bits per heavy atom. The summed E-state index contributed by atoms with van der Waals surface area (Å²) in [7, 11) is 0. The van der Waals surface area contributed by atoms with Gasteiger partial charge in [0.15, 0.2) is 0 Å². The van der Waals surface area contributed by atoms with Crippen LogP contribution in [0, 0.1) is 5.82 Å². The SMILES string of the molecule is CC(C)NC1CNc2ccc(F)cc2C1. The van der Waals surface area contributed by atoms with Crippen LogP contribution in [0.25, 0.3) is 0 Å². The molecule has 2 rings (SSSR count). The number of benzene rings is 1. The lowest BCUT2D eigenvalue weighted by Crippen LogP contribution is -2.43. The second kappa shape index (κ2) is 4.19. The van der Waals surface area contributed by atoms with Gasteiger partial charge in [0.2, 0.25) is 0 Å². The molecule has 0 spiro atoms. The van der Waals surface area contributed by atoms with Crippen molar-refractivity contribution in [1.29, 1.82) is 0 Å². The Morgan fingerprint density at radius 2 is 2.27 bits per heavy atom. The van der Waals surface area contributed by atoms with Crippen LogP contribution in [0.4, 0.5) is 10.1 Å². The van der Waals surface area contributed by atoms with Gasteiger partial charge >= 0.3 is 0 Å². The summed E-state index contributed by atoms with van der Waals surface area (Å²) in [4.78, 5) is 0. The first-order valence-corrected chi connectivity index (χ1v) is 5.43. The molecule has 0 amide bonds. The summed E-state index contributed by atoms with van der Waals surface area (Å²) in [6.07, 6.45) is 0.901. The molecule has 1 aliphatic heterocycles. The van der Waals surface area contributed by atoms with Gasteiger partial charge in [-0.3, -0.25) is 0 Å². The van der Waals surface area contributed by atoms with Gasteiger partial charge < -0.3 is 10.6 Å². The quantitative estimate of drug-likeness (QED) is 0.778. The number of hydrogen-bond donors (Lipinski definition) is 2. The summed E-state index contributed by atoms with van der Waals surface area (Å²) in [5, 5.41) is 6.77. The van der Waals surface area contributed by atoms with E-state index in [0.29, 0.717) is 12.1 Å². The lowest BCUT2D eigenvalue weighted by Gasteiger charge is -2.28. The van der Waals surface area contributed by atoms with E-state index >= 15 is 0 Å². The van der Waals surface area contributed by atoms with Gasteiger partial charge in [0.05, 0.1) is 0 Å². The minimum absolute atomic E-state index is 0.152. The molecule has 1 aromatic carbocycles. The molecule has 3 heteroatoms. The smallest absolute Gasteiger partial charge is 0.123 e. The van der Waals surface area contributed by atoms with Crippen molar-refractivity contribution >= 4 is 5.69 Å². The molecule has 0 aliphatic carbocycles. The van der Waals surface area contributed by atoms with Crippen molar-refractivity contribution in [3.05, 3.63) is 29.6 Å². The zero-order chi connectivity index (χ0) is 10.8. The third kappa shape index (κ3) is 2.48. The Morgan fingerprint density at radius 1 is 1.47 bits per heavy atom. The summed E-state index contributed by atoms with van der Waals surface area (Å²) in [5.74, 6) is -0.152. The van der Waals surface area contributed by atoms with Crippen LogP contribution < -0.4 is 10.6 Å². The monoisotopic (exact) mass is 208 g/mol. The molecule has 2 N–H and O–H groups in total. The Labute approximate surface area is 89.9 Å². The zero-order valence-electron chi connectivity index (χ0n) is 9.18. The molecule has 2 nitrogen and oxygen atoms in total. The van der Waals surface area contributed by atoms with Crippen LogP contribution in [-0.2, 0) is 6.42 Å². The first-order valence-electron chi connectivity index (χ1n) is 5.43. The topological polar surface area (TPSA) is 24.1 Å². The lowest BCUT2D eigenvalue weighted by molar-refractivity contribution is 0.466. The van der Waals surface area contributed by atoms with Crippen molar-refractivity contribution < 1.29 is 4.39 Å². The average molecular weight is 208 g/mol. The highest BCUT2D eigenvalue weighted by atomic mass is 19.1. The van der Waals surface area contributed by atoms with Gasteiger partial charge in [-0.2, -0.15) is 0 Å². The Balaban J connectivity index is 2.11. The lowest BCUT2D eigenvalue weighted by atomic mass is 9.99. The van der Waals surface area contributed by atoms with Crippen molar-refractivity contribution in [2.75, 3.05) is 11.9 Å². The summed E-state index contributed by atoms with van der Waals surface area (Å²) in [6.45, 7) is 5.17. The Bertz CT molecular complexity index is 349. The van der Waals surface area contributed by atoms with Crippen LogP contribution >= 0.6 is 0 Å². The van der Waals surface area contributed by atoms with Crippen molar-refractivity contribution in [3.63, 3.8) is 0 Å². The van der Waals surface area contributed by atoms with Crippen LogP contribution in [0.5, 0.6) is 0 Å². The molecule has 1 atom stereocenters. The van der Waals surface area contributed by atoms with E-state index in [-0.39, 0.29) is 5.82 Å². The maximum Gasteiger partial charge on any atom is 0.123 e. The van der Waals surface area contributed by atoms with Gasteiger partial charge in [0.25, 0.3) is 0 Å². The molecule has 1 unspecified atom stereocenters. The standard InChI is InChI=1S/C12H17FN2/c1-8(2)15-11-6-9-5-10(13)3-4-12(9)14-7-11/h3-5,8,11,14-15H,6-7H2,1-2H3. The highest BCUT2D eigenvalue weighted by Gasteiger charge is 2.18. The van der Waals surface area contributed by atoms with E-state index in [1.807, 2.05) is 6.07 Å².